The van der Waals surface area contributed by atoms with Gasteiger partial charge < -0.3 is 33.6 Å². The van der Waals surface area contributed by atoms with E-state index in [-0.39, 0.29) is 6.42 Å². The molecule has 2 N–H and O–H groups in total. The second kappa shape index (κ2) is 8.17. The summed E-state index contributed by atoms with van der Waals surface area (Å²) in [4.78, 5) is 52.7. The van der Waals surface area contributed by atoms with Gasteiger partial charge in [0.25, 0.3) is 0 Å². The van der Waals surface area contributed by atoms with Gasteiger partial charge >= 0.3 is 17.9 Å². The number of carbonyl (C=O) groups excluding carboxylic acids is 4. The molecule has 5 aliphatic rings. The van der Waals surface area contributed by atoms with Crippen LogP contribution in [-0.2, 0) is 38.1 Å². The maximum atomic E-state index is 14.5. The van der Waals surface area contributed by atoms with E-state index in [2.05, 4.69) is 0 Å². The number of aliphatic hydroxyl groups is 2. The Morgan fingerprint density at radius 2 is 1.85 bits per heavy atom. The first kappa shape index (κ1) is 27.4. The van der Waals surface area contributed by atoms with Crippen LogP contribution in [0.15, 0.2) is 23.0 Å². The Hall–Kier alpha value is -2.76. The molecular formula is C29H36O11. The van der Waals surface area contributed by atoms with E-state index in [1.807, 2.05) is 6.92 Å². The van der Waals surface area contributed by atoms with E-state index in [9.17, 15) is 29.4 Å². The van der Waals surface area contributed by atoms with Crippen molar-refractivity contribution in [1.82, 2.24) is 0 Å². The molecule has 0 aromatic carbocycles. The summed E-state index contributed by atoms with van der Waals surface area (Å²) < 4.78 is 28.2. The highest BCUT2D eigenvalue weighted by atomic mass is 16.6. The standard InChI is InChI=1S/C29H36O11/c1-13(30)38-23-25(2,3)19(18(32)21(33)36-6)27(5)15-7-9-26(4)16(29(15)24(40-29)28(23,35)22(27)34)11-17(31)39-20(26)14-8-10-37-12-14/h8,10,12,15-16,18-20,23-24,32,35H,7,9,11H2,1-6H3/t15-,16+,18+,19-,20-,23+,24-,26-,27+,28+,29+/m0/s1. The zero-order valence-electron chi connectivity index (χ0n) is 23.5. The minimum atomic E-state index is -2.28. The van der Waals surface area contributed by atoms with Gasteiger partial charge in [0, 0.05) is 46.5 Å². The average molecular weight is 561 g/mol. The van der Waals surface area contributed by atoms with Crippen molar-refractivity contribution in [3.8, 4) is 0 Å². The maximum absolute atomic E-state index is 14.5. The van der Waals surface area contributed by atoms with Crippen LogP contribution >= 0.6 is 0 Å². The van der Waals surface area contributed by atoms with Crippen LogP contribution in [0.5, 0.6) is 0 Å². The minimum Gasteiger partial charge on any atom is -0.472 e. The highest BCUT2D eigenvalue weighted by molar-refractivity contribution is 5.99. The third kappa shape index (κ3) is 3.01. The van der Waals surface area contributed by atoms with Crippen LogP contribution in [0.25, 0.3) is 0 Å². The van der Waals surface area contributed by atoms with Crippen molar-refractivity contribution in [1.29, 1.82) is 0 Å². The average Bonchev–Trinajstić information content (AvgIpc) is 3.37. The van der Waals surface area contributed by atoms with Crippen LogP contribution in [0.1, 0.15) is 65.5 Å². The van der Waals surface area contributed by atoms with Crippen molar-refractivity contribution >= 4 is 23.7 Å². The number of methoxy groups -OCH3 is 1. The second-order valence-electron chi connectivity index (χ2n) is 13.3. The summed E-state index contributed by atoms with van der Waals surface area (Å²) >= 11 is 0. The minimum absolute atomic E-state index is 0.00987. The third-order valence-electron chi connectivity index (χ3n) is 11.1. The normalized spacial score (nSPS) is 47.1. The smallest absolute Gasteiger partial charge is 0.335 e. The van der Waals surface area contributed by atoms with Gasteiger partial charge in [-0.25, -0.2) is 4.79 Å². The number of aliphatic hydroxyl groups excluding tert-OH is 1. The Balaban J connectivity index is 1.56. The van der Waals surface area contributed by atoms with Gasteiger partial charge in [0.2, 0.25) is 0 Å². The maximum Gasteiger partial charge on any atom is 0.335 e. The molecule has 218 valence electrons. The number of rotatable bonds is 4. The molecule has 40 heavy (non-hydrogen) atoms. The molecule has 5 fully saturated rings. The zero-order valence-corrected chi connectivity index (χ0v) is 23.5. The third-order valence-corrected chi connectivity index (χ3v) is 11.1. The predicted molar refractivity (Wildman–Crippen MR) is 133 cm³/mol. The molecule has 3 saturated carbocycles. The van der Waals surface area contributed by atoms with Gasteiger partial charge in [0.15, 0.2) is 17.5 Å². The first-order valence-electron chi connectivity index (χ1n) is 13.7. The molecule has 1 spiro atoms. The number of furan rings is 1. The molecule has 1 aromatic rings. The molecule has 3 heterocycles. The van der Waals surface area contributed by atoms with E-state index in [1.54, 1.807) is 26.8 Å². The van der Waals surface area contributed by atoms with E-state index in [0.29, 0.717) is 18.4 Å². The Kier molecular flexibility index (Phi) is 5.60. The second-order valence-corrected chi connectivity index (χ2v) is 13.3. The van der Waals surface area contributed by atoms with E-state index < -0.39 is 93.3 Å². The molecule has 1 aromatic heterocycles. The van der Waals surface area contributed by atoms with Crippen LogP contribution < -0.4 is 0 Å². The van der Waals surface area contributed by atoms with Gasteiger partial charge in [0.1, 0.15) is 23.9 Å². The lowest BCUT2D eigenvalue weighted by atomic mass is 9.36. The van der Waals surface area contributed by atoms with Crippen molar-refractivity contribution in [2.45, 2.75) is 89.5 Å². The fourth-order valence-electron chi connectivity index (χ4n) is 9.80. The molecule has 11 nitrogen and oxygen atoms in total. The quantitative estimate of drug-likeness (QED) is 0.314. The Morgan fingerprint density at radius 1 is 1.15 bits per heavy atom. The van der Waals surface area contributed by atoms with Crippen molar-refractivity contribution in [2.24, 2.45) is 34.0 Å². The first-order chi connectivity index (χ1) is 18.6. The van der Waals surface area contributed by atoms with E-state index in [0.717, 1.165) is 7.11 Å². The number of ketones is 1. The Bertz CT molecular complexity index is 1290. The number of hydrogen-bond acceptors (Lipinski definition) is 11. The Labute approximate surface area is 231 Å². The molecule has 2 saturated heterocycles. The molecule has 6 rings (SSSR count). The number of carbonyl (C=O) groups is 4. The number of fused-ring (bicyclic) bond motifs is 5. The predicted octanol–water partition coefficient (Wildman–Crippen LogP) is 1.88. The van der Waals surface area contributed by atoms with Gasteiger partial charge in [0.05, 0.1) is 26.1 Å². The first-order valence-corrected chi connectivity index (χ1v) is 13.7. The van der Waals surface area contributed by atoms with Crippen LogP contribution in [0.4, 0.5) is 0 Å². The fraction of sp³-hybridized carbons (Fsp3) is 0.724. The van der Waals surface area contributed by atoms with Gasteiger partial charge in [-0.2, -0.15) is 0 Å². The molecule has 3 aliphatic carbocycles. The summed E-state index contributed by atoms with van der Waals surface area (Å²) in [6.45, 7) is 8.18. The summed E-state index contributed by atoms with van der Waals surface area (Å²) in [5.41, 5.74) is -6.16. The van der Waals surface area contributed by atoms with E-state index in [1.165, 1.54) is 19.5 Å². The molecular weight excluding hydrogens is 524 g/mol. The molecule has 0 unspecified atom stereocenters. The summed E-state index contributed by atoms with van der Waals surface area (Å²) in [5, 5.41) is 23.8. The highest BCUT2D eigenvalue weighted by Crippen LogP contribution is 2.78. The van der Waals surface area contributed by atoms with Crippen molar-refractivity contribution in [3.63, 3.8) is 0 Å². The van der Waals surface area contributed by atoms with Crippen molar-refractivity contribution < 1.29 is 52.8 Å². The molecule has 2 aliphatic heterocycles. The monoisotopic (exact) mass is 560 g/mol. The summed E-state index contributed by atoms with van der Waals surface area (Å²) in [6.07, 6.45) is -0.893. The van der Waals surface area contributed by atoms with Gasteiger partial charge in [-0.05, 0) is 18.9 Å². The fourth-order valence-corrected chi connectivity index (χ4v) is 9.80. The van der Waals surface area contributed by atoms with Crippen LogP contribution in [0.3, 0.4) is 0 Å². The molecule has 11 atom stereocenters. The summed E-state index contributed by atoms with van der Waals surface area (Å²) in [5.74, 6) is -4.92. The molecule has 11 heteroatoms. The van der Waals surface area contributed by atoms with E-state index in [4.69, 9.17) is 23.4 Å². The van der Waals surface area contributed by atoms with E-state index >= 15 is 0 Å². The number of epoxide rings is 1. The Morgan fingerprint density at radius 3 is 2.45 bits per heavy atom. The molecule has 0 radical (unpaired) electrons. The van der Waals surface area contributed by atoms with Crippen molar-refractivity contribution in [2.75, 3.05) is 7.11 Å². The van der Waals surface area contributed by atoms with Crippen LogP contribution in [0.2, 0.25) is 0 Å². The van der Waals surface area contributed by atoms with Crippen LogP contribution in [-0.4, -0.2) is 70.5 Å². The number of hydrogen-bond donors (Lipinski definition) is 2. The summed E-state index contributed by atoms with van der Waals surface area (Å²) in [7, 11) is 1.14. The van der Waals surface area contributed by atoms with Gasteiger partial charge in [-0.3, -0.25) is 14.4 Å². The SMILES string of the molecule is COC(=O)[C@H](O)[C@H]1C(C)(C)[C@@H](OC(C)=O)[C@]2(O)C(=O)[C@]1(C)[C@@H]1CC[C@@]3(C)[C@@H](CC(=O)O[C@H]3c3ccoc3)[C@]13O[C@@H]23. The number of ether oxygens (including phenoxy) is 4. The lowest BCUT2D eigenvalue weighted by molar-refractivity contribution is -0.260. The molecule has 0 amide bonds. The topological polar surface area (TPSA) is 162 Å². The van der Waals surface area contributed by atoms with Gasteiger partial charge in [-0.15, -0.1) is 0 Å². The largest absolute Gasteiger partial charge is 0.472 e. The number of cyclic esters (lactones) is 1. The van der Waals surface area contributed by atoms with Crippen molar-refractivity contribution in [3.05, 3.63) is 24.2 Å². The zero-order chi connectivity index (χ0) is 29.2. The number of esters is 3. The lowest BCUT2D eigenvalue weighted by Gasteiger charge is -2.67. The lowest BCUT2D eigenvalue weighted by Crippen LogP contribution is -2.81. The molecule has 2 bridgehead atoms. The number of Topliss-reactive ketones (excluding diaryl/α,β-unsaturated/α-hetero) is 1. The van der Waals surface area contributed by atoms with Gasteiger partial charge in [-0.1, -0.05) is 27.7 Å². The summed E-state index contributed by atoms with van der Waals surface area (Å²) in [6, 6.07) is 1.75. The van der Waals surface area contributed by atoms with Crippen LogP contribution in [0, 0.1) is 34.0 Å². The highest BCUT2D eigenvalue weighted by Gasteiger charge is 2.91.